The Kier molecular flexibility index (Phi) is 4.89. The van der Waals surface area contributed by atoms with Crippen LogP contribution >= 0.6 is 0 Å². The molecule has 11 heteroatoms. The van der Waals surface area contributed by atoms with Crippen LogP contribution in [0.25, 0.3) is 0 Å². The highest BCUT2D eigenvalue weighted by Crippen LogP contribution is 2.27. The van der Waals surface area contributed by atoms with Crippen LogP contribution in [0.1, 0.15) is 12.5 Å². The Balaban J connectivity index is 3.27. The zero-order valence-corrected chi connectivity index (χ0v) is 10.5. The number of alkyl halides is 3. The number of hydrogen-bond acceptors (Lipinski definition) is 6. The summed E-state index contributed by atoms with van der Waals surface area (Å²) in [4.78, 5) is 34.2. The van der Waals surface area contributed by atoms with Crippen molar-refractivity contribution in [1.29, 1.82) is 0 Å². The zero-order valence-electron chi connectivity index (χ0n) is 10.5. The van der Waals surface area contributed by atoms with Crippen LogP contribution in [0.15, 0.2) is 11.0 Å². The molecule has 0 saturated carbocycles. The number of hydrogen-bond donors (Lipinski definition) is 1. The fraction of sp³-hybridized carbons (Fsp3) is 0.400. The third-order valence-corrected chi connectivity index (χ3v) is 2.14. The van der Waals surface area contributed by atoms with Gasteiger partial charge in [-0.15, -0.1) is 13.2 Å². The van der Waals surface area contributed by atoms with E-state index in [9.17, 15) is 32.9 Å². The molecule has 0 unspecified atom stereocenters. The van der Waals surface area contributed by atoms with Gasteiger partial charge in [0.1, 0.15) is 0 Å². The molecule has 0 radical (unpaired) electrons. The molecule has 0 aliphatic carbocycles. The molecule has 116 valence electrons. The highest BCUT2D eigenvalue weighted by molar-refractivity contribution is 5.72. The average Bonchev–Trinajstić information content (AvgIpc) is 2.32. The quantitative estimate of drug-likeness (QED) is 0.498. The van der Waals surface area contributed by atoms with Gasteiger partial charge in [0.2, 0.25) is 5.43 Å². The fourth-order valence-corrected chi connectivity index (χ4v) is 1.38. The van der Waals surface area contributed by atoms with E-state index in [0.29, 0.717) is 0 Å². The molecule has 0 spiro atoms. The summed E-state index contributed by atoms with van der Waals surface area (Å²) in [6.45, 7) is 1.51. The van der Waals surface area contributed by atoms with Crippen molar-refractivity contribution >= 4 is 11.8 Å². The smallest absolute Gasteiger partial charge is 0.466 e. The SMILES string of the molecule is CCOC(=O)Cc1c[nH]c([N+](=O)[O-])c(OC(F)(F)F)c1=O. The van der Waals surface area contributed by atoms with E-state index in [-0.39, 0.29) is 6.61 Å². The van der Waals surface area contributed by atoms with Crippen molar-refractivity contribution in [2.75, 3.05) is 6.61 Å². The van der Waals surface area contributed by atoms with Gasteiger partial charge in [0, 0.05) is 0 Å². The van der Waals surface area contributed by atoms with Crippen LogP contribution in [0.3, 0.4) is 0 Å². The largest absolute Gasteiger partial charge is 0.573 e. The summed E-state index contributed by atoms with van der Waals surface area (Å²) >= 11 is 0. The van der Waals surface area contributed by atoms with Crippen molar-refractivity contribution in [2.45, 2.75) is 19.7 Å². The Morgan fingerprint density at radius 2 is 2.10 bits per heavy atom. The number of rotatable bonds is 5. The molecule has 0 bridgehead atoms. The van der Waals surface area contributed by atoms with E-state index in [0.717, 1.165) is 6.20 Å². The van der Waals surface area contributed by atoms with Crippen LogP contribution in [0.2, 0.25) is 0 Å². The van der Waals surface area contributed by atoms with E-state index in [1.54, 1.807) is 0 Å². The third-order valence-electron chi connectivity index (χ3n) is 2.14. The summed E-state index contributed by atoms with van der Waals surface area (Å²) < 4.78 is 44.5. The van der Waals surface area contributed by atoms with Crippen molar-refractivity contribution in [3.63, 3.8) is 0 Å². The lowest BCUT2D eigenvalue weighted by Crippen LogP contribution is -2.25. The zero-order chi connectivity index (χ0) is 16.2. The second kappa shape index (κ2) is 6.24. The van der Waals surface area contributed by atoms with Gasteiger partial charge in [0.15, 0.2) is 0 Å². The number of H-pyrrole nitrogens is 1. The van der Waals surface area contributed by atoms with Crippen molar-refractivity contribution in [1.82, 2.24) is 4.98 Å². The monoisotopic (exact) mass is 310 g/mol. The molecule has 0 aliphatic heterocycles. The minimum Gasteiger partial charge on any atom is -0.466 e. The van der Waals surface area contributed by atoms with E-state index in [2.05, 4.69) is 9.47 Å². The summed E-state index contributed by atoms with van der Waals surface area (Å²) in [6.07, 6.45) is -5.17. The van der Waals surface area contributed by atoms with Crippen LogP contribution in [-0.2, 0) is 16.0 Å². The summed E-state index contributed by atoms with van der Waals surface area (Å²) in [5.74, 6) is -3.66. The van der Waals surface area contributed by atoms with Gasteiger partial charge in [-0.2, -0.15) is 0 Å². The molecule has 0 amide bonds. The molecule has 0 aliphatic rings. The Labute approximate surface area is 114 Å². The number of aromatic amines is 1. The molecule has 0 atom stereocenters. The van der Waals surface area contributed by atoms with E-state index in [4.69, 9.17) is 0 Å². The molecule has 1 aromatic heterocycles. The predicted molar refractivity (Wildman–Crippen MR) is 60.7 cm³/mol. The molecular formula is C10H9F3N2O6. The van der Waals surface area contributed by atoms with Crippen LogP contribution in [0.5, 0.6) is 5.75 Å². The van der Waals surface area contributed by atoms with Gasteiger partial charge >= 0.3 is 18.1 Å². The first-order valence-corrected chi connectivity index (χ1v) is 5.46. The first-order valence-electron chi connectivity index (χ1n) is 5.46. The molecule has 0 aromatic carbocycles. The van der Waals surface area contributed by atoms with Crippen LogP contribution in [0.4, 0.5) is 19.0 Å². The summed E-state index contributed by atoms with van der Waals surface area (Å²) in [5.41, 5.74) is -1.86. The van der Waals surface area contributed by atoms with Crippen LogP contribution in [0, 0.1) is 10.1 Å². The fourth-order valence-electron chi connectivity index (χ4n) is 1.38. The van der Waals surface area contributed by atoms with E-state index < -0.39 is 46.2 Å². The summed E-state index contributed by atoms with van der Waals surface area (Å²) in [7, 11) is 0. The van der Waals surface area contributed by atoms with Gasteiger partial charge in [0.05, 0.1) is 24.8 Å². The predicted octanol–water partition coefficient (Wildman–Crippen LogP) is 1.29. The summed E-state index contributed by atoms with van der Waals surface area (Å²) in [5, 5.41) is 10.6. The van der Waals surface area contributed by atoms with Gasteiger partial charge in [0.25, 0.3) is 5.75 Å². The maximum absolute atomic E-state index is 12.2. The number of halogens is 3. The van der Waals surface area contributed by atoms with Gasteiger partial charge < -0.3 is 19.6 Å². The molecular weight excluding hydrogens is 301 g/mol. The highest BCUT2D eigenvalue weighted by Gasteiger charge is 2.36. The van der Waals surface area contributed by atoms with Crippen molar-refractivity contribution in [3.05, 3.63) is 32.1 Å². The van der Waals surface area contributed by atoms with E-state index >= 15 is 0 Å². The Bertz CT molecular complexity index is 610. The molecule has 1 heterocycles. The van der Waals surface area contributed by atoms with Crippen LogP contribution in [-0.4, -0.2) is 28.8 Å². The lowest BCUT2D eigenvalue weighted by molar-refractivity contribution is -0.393. The number of pyridine rings is 1. The van der Waals surface area contributed by atoms with Gasteiger partial charge in [-0.25, -0.2) is 4.98 Å². The summed E-state index contributed by atoms with van der Waals surface area (Å²) in [6, 6.07) is 0. The molecule has 0 saturated heterocycles. The third kappa shape index (κ3) is 4.47. The first kappa shape index (κ1) is 16.5. The number of nitro groups is 1. The molecule has 1 aromatic rings. The Morgan fingerprint density at radius 1 is 1.48 bits per heavy atom. The number of esters is 1. The minimum atomic E-state index is -5.29. The van der Waals surface area contributed by atoms with Gasteiger partial charge in [-0.3, -0.25) is 9.59 Å². The van der Waals surface area contributed by atoms with Crippen molar-refractivity contribution in [3.8, 4) is 5.75 Å². The van der Waals surface area contributed by atoms with E-state index in [1.165, 1.54) is 6.92 Å². The maximum atomic E-state index is 12.2. The maximum Gasteiger partial charge on any atom is 0.573 e. The molecule has 21 heavy (non-hydrogen) atoms. The van der Waals surface area contributed by atoms with E-state index in [1.807, 2.05) is 4.98 Å². The lowest BCUT2D eigenvalue weighted by atomic mass is 10.2. The average molecular weight is 310 g/mol. The molecule has 1 N–H and O–H groups in total. The second-order valence-corrected chi connectivity index (χ2v) is 3.61. The lowest BCUT2D eigenvalue weighted by Gasteiger charge is -2.09. The number of ether oxygens (including phenoxy) is 2. The first-order chi connectivity index (χ1) is 9.65. The normalized spacial score (nSPS) is 11.0. The number of aromatic nitrogens is 1. The number of carbonyl (C=O) groups is 1. The Hall–Kier alpha value is -2.59. The number of nitrogens with one attached hydrogen (secondary N) is 1. The standard InChI is InChI=1S/C10H9F3N2O6/c1-2-20-6(16)3-5-4-14-9(15(18)19)8(7(5)17)21-10(11,12)13/h4H,2-3H2,1H3,(H,14,17). The number of carbonyl (C=O) groups excluding carboxylic acids is 1. The number of nitrogens with zero attached hydrogens (tertiary/aromatic N) is 1. The molecule has 8 nitrogen and oxygen atoms in total. The Morgan fingerprint density at radius 3 is 2.57 bits per heavy atom. The van der Waals surface area contributed by atoms with Gasteiger partial charge in [-0.05, 0) is 11.8 Å². The van der Waals surface area contributed by atoms with Crippen molar-refractivity contribution in [2.24, 2.45) is 0 Å². The van der Waals surface area contributed by atoms with Crippen LogP contribution < -0.4 is 10.2 Å². The highest BCUT2D eigenvalue weighted by atomic mass is 19.4. The second-order valence-electron chi connectivity index (χ2n) is 3.61. The topological polar surface area (TPSA) is 112 Å². The van der Waals surface area contributed by atoms with Gasteiger partial charge in [-0.1, -0.05) is 0 Å². The van der Waals surface area contributed by atoms with Crippen molar-refractivity contribution < 1.29 is 32.4 Å². The molecule has 0 fully saturated rings. The minimum absolute atomic E-state index is 0.00955. The molecule has 1 rings (SSSR count).